The molecular formula is C17H27NO. The lowest BCUT2D eigenvalue weighted by Crippen LogP contribution is -2.28. The Balaban J connectivity index is 1.89. The van der Waals surface area contributed by atoms with Gasteiger partial charge in [-0.05, 0) is 38.7 Å². The van der Waals surface area contributed by atoms with E-state index in [2.05, 4.69) is 44.3 Å². The highest BCUT2D eigenvalue weighted by Crippen LogP contribution is 2.34. The molecule has 1 aromatic rings. The van der Waals surface area contributed by atoms with Crippen LogP contribution >= 0.6 is 0 Å². The Hall–Kier alpha value is -1.02. The van der Waals surface area contributed by atoms with Crippen molar-refractivity contribution in [1.82, 2.24) is 5.32 Å². The smallest absolute Gasteiger partial charge is 0.124 e. The van der Waals surface area contributed by atoms with E-state index in [-0.39, 0.29) is 6.10 Å². The van der Waals surface area contributed by atoms with Gasteiger partial charge in [0.25, 0.3) is 0 Å². The van der Waals surface area contributed by atoms with Gasteiger partial charge < -0.3 is 10.1 Å². The van der Waals surface area contributed by atoms with Crippen molar-refractivity contribution in [3.8, 4) is 5.75 Å². The molecule has 19 heavy (non-hydrogen) atoms. The summed E-state index contributed by atoms with van der Waals surface area (Å²) in [6, 6.07) is 9.02. The number of benzene rings is 1. The summed E-state index contributed by atoms with van der Waals surface area (Å²) >= 11 is 0. The monoisotopic (exact) mass is 261 g/mol. The third-order valence-electron chi connectivity index (χ3n) is 3.72. The number of para-hydroxylation sites is 1. The highest BCUT2D eigenvalue weighted by atomic mass is 16.5. The van der Waals surface area contributed by atoms with Crippen LogP contribution in [-0.2, 0) is 6.54 Å². The fourth-order valence-electron chi connectivity index (χ4n) is 2.42. The first kappa shape index (κ1) is 14.4. The Morgan fingerprint density at radius 1 is 1.26 bits per heavy atom. The molecule has 0 aromatic heterocycles. The van der Waals surface area contributed by atoms with Crippen molar-refractivity contribution < 1.29 is 4.74 Å². The molecule has 106 valence electrons. The lowest BCUT2D eigenvalue weighted by molar-refractivity contribution is 0.239. The molecule has 0 spiro atoms. The molecule has 0 bridgehead atoms. The molecule has 0 aliphatic heterocycles. The first-order valence-corrected chi connectivity index (χ1v) is 7.67. The van der Waals surface area contributed by atoms with E-state index < -0.39 is 0 Å². The maximum absolute atomic E-state index is 5.86. The van der Waals surface area contributed by atoms with Crippen LogP contribution in [0.1, 0.15) is 52.0 Å². The van der Waals surface area contributed by atoms with Crippen molar-refractivity contribution in [3.05, 3.63) is 29.8 Å². The summed E-state index contributed by atoms with van der Waals surface area (Å²) in [6.45, 7) is 7.34. The molecule has 0 saturated heterocycles. The summed E-state index contributed by atoms with van der Waals surface area (Å²) in [6.07, 6.45) is 5.65. The van der Waals surface area contributed by atoms with Gasteiger partial charge in [0.05, 0.1) is 6.10 Å². The molecule has 2 nitrogen and oxygen atoms in total. The zero-order chi connectivity index (χ0) is 13.7. The average molecular weight is 261 g/mol. The summed E-state index contributed by atoms with van der Waals surface area (Å²) in [5, 5.41) is 3.69. The SMILES string of the molecule is CCC(CC1CC1)NCc1ccccc1OC(C)C. The van der Waals surface area contributed by atoms with Crippen molar-refractivity contribution in [1.29, 1.82) is 0 Å². The largest absolute Gasteiger partial charge is 0.491 e. The Bertz CT molecular complexity index is 385. The Morgan fingerprint density at radius 3 is 2.63 bits per heavy atom. The van der Waals surface area contributed by atoms with Crippen LogP contribution in [0, 0.1) is 5.92 Å². The number of rotatable bonds is 8. The molecule has 1 N–H and O–H groups in total. The third-order valence-corrected chi connectivity index (χ3v) is 3.72. The fourth-order valence-corrected chi connectivity index (χ4v) is 2.42. The van der Waals surface area contributed by atoms with Gasteiger partial charge in [-0.2, -0.15) is 0 Å². The van der Waals surface area contributed by atoms with Crippen molar-refractivity contribution in [2.75, 3.05) is 0 Å². The zero-order valence-corrected chi connectivity index (χ0v) is 12.5. The van der Waals surface area contributed by atoms with E-state index >= 15 is 0 Å². The van der Waals surface area contributed by atoms with Crippen LogP contribution in [0.3, 0.4) is 0 Å². The third kappa shape index (κ3) is 4.87. The fraction of sp³-hybridized carbons (Fsp3) is 0.647. The van der Waals surface area contributed by atoms with Crippen molar-refractivity contribution in [2.45, 2.75) is 65.1 Å². The predicted octanol–water partition coefficient (Wildman–Crippen LogP) is 4.14. The number of hydrogen-bond acceptors (Lipinski definition) is 2. The van der Waals surface area contributed by atoms with Crippen molar-refractivity contribution in [2.24, 2.45) is 5.92 Å². The van der Waals surface area contributed by atoms with Gasteiger partial charge in [0, 0.05) is 18.2 Å². The van der Waals surface area contributed by atoms with Gasteiger partial charge in [-0.3, -0.25) is 0 Å². The quantitative estimate of drug-likeness (QED) is 0.759. The van der Waals surface area contributed by atoms with Gasteiger partial charge >= 0.3 is 0 Å². The van der Waals surface area contributed by atoms with Crippen molar-refractivity contribution >= 4 is 0 Å². The van der Waals surface area contributed by atoms with Gasteiger partial charge in [0.2, 0.25) is 0 Å². The molecule has 2 heteroatoms. The van der Waals surface area contributed by atoms with E-state index in [9.17, 15) is 0 Å². The van der Waals surface area contributed by atoms with Crippen LogP contribution in [0.25, 0.3) is 0 Å². The van der Waals surface area contributed by atoms with Gasteiger partial charge in [-0.1, -0.05) is 38.0 Å². The van der Waals surface area contributed by atoms with Gasteiger partial charge in [0.1, 0.15) is 5.75 Å². The second-order valence-electron chi connectivity index (χ2n) is 5.94. The molecule has 2 rings (SSSR count). The van der Waals surface area contributed by atoms with Gasteiger partial charge in [-0.15, -0.1) is 0 Å². The minimum atomic E-state index is 0.231. The molecule has 0 amide bonds. The van der Waals surface area contributed by atoms with Crippen LogP contribution in [0.4, 0.5) is 0 Å². The average Bonchev–Trinajstić information content (AvgIpc) is 3.19. The molecule has 1 fully saturated rings. The van der Waals surface area contributed by atoms with Crippen LogP contribution in [0.15, 0.2) is 24.3 Å². The van der Waals surface area contributed by atoms with Crippen LogP contribution in [0.5, 0.6) is 5.75 Å². The Morgan fingerprint density at radius 2 is 2.00 bits per heavy atom. The van der Waals surface area contributed by atoms with E-state index in [1.54, 1.807) is 0 Å². The van der Waals surface area contributed by atoms with Crippen molar-refractivity contribution in [3.63, 3.8) is 0 Å². The lowest BCUT2D eigenvalue weighted by atomic mass is 10.1. The van der Waals surface area contributed by atoms with E-state index in [0.717, 1.165) is 18.2 Å². The summed E-state index contributed by atoms with van der Waals surface area (Å²) in [5.41, 5.74) is 1.27. The number of ether oxygens (including phenoxy) is 1. The predicted molar refractivity (Wildman–Crippen MR) is 80.5 cm³/mol. The number of hydrogen-bond donors (Lipinski definition) is 1. The van der Waals surface area contributed by atoms with E-state index in [1.165, 1.54) is 31.2 Å². The second-order valence-corrected chi connectivity index (χ2v) is 5.94. The molecule has 0 radical (unpaired) electrons. The molecule has 1 unspecified atom stereocenters. The first-order chi connectivity index (χ1) is 9.19. The van der Waals surface area contributed by atoms with Crippen LogP contribution < -0.4 is 10.1 Å². The van der Waals surface area contributed by atoms with E-state index in [4.69, 9.17) is 4.74 Å². The summed E-state index contributed by atoms with van der Waals surface area (Å²) in [5.74, 6) is 2.01. The molecule has 0 heterocycles. The Kier molecular flexibility index (Phi) is 5.26. The van der Waals surface area contributed by atoms with Crippen LogP contribution in [-0.4, -0.2) is 12.1 Å². The standard InChI is InChI=1S/C17H27NO/c1-4-16(11-14-9-10-14)18-12-15-7-5-6-8-17(15)19-13(2)3/h5-8,13-14,16,18H,4,9-12H2,1-3H3. The first-order valence-electron chi connectivity index (χ1n) is 7.67. The summed E-state index contributed by atoms with van der Waals surface area (Å²) < 4.78 is 5.86. The van der Waals surface area contributed by atoms with Crippen LogP contribution in [0.2, 0.25) is 0 Å². The van der Waals surface area contributed by atoms with Gasteiger partial charge in [-0.25, -0.2) is 0 Å². The minimum absolute atomic E-state index is 0.231. The maximum atomic E-state index is 5.86. The van der Waals surface area contributed by atoms with Gasteiger partial charge in [0.15, 0.2) is 0 Å². The highest BCUT2D eigenvalue weighted by molar-refractivity contribution is 5.33. The molecule has 1 saturated carbocycles. The maximum Gasteiger partial charge on any atom is 0.124 e. The highest BCUT2D eigenvalue weighted by Gasteiger charge is 2.24. The second kappa shape index (κ2) is 6.95. The minimum Gasteiger partial charge on any atom is -0.491 e. The zero-order valence-electron chi connectivity index (χ0n) is 12.5. The Labute approximate surface area is 117 Å². The normalized spacial score (nSPS) is 16.6. The summed E-state index contributed by atoms with van der Waals surface area (Å²) in [4.78, 5) is 0. The topological polar surface area (TPSA) is 21.3 Å². The van der Waals surface area contributed by atoms with E-state index in [0.29, 0.717) is 6.04 Å². The van der Waals surface area contributed by atoms with E-state index in [1.807, 2.05) is 6.07 Å². The molecule has 1 aromatic carbocycles. The summed E-state index contributed by atoms with van der Waals surface area (Å²) in [7, 11) is 0. The molecule has 1 aliphatic rings. The molecule has 1 atom stereocenters. The lowest BCUT2D eigenvalue weighted by Gasteiger charge is -2.19. The molecule has 1 aliphatic carbocycles. The molecular weight excluding hydrogens is 234 g/mol. The number of nitrogens with one attached hydrogen (secondary N) is 1.